The average Bonchev–Trinajstić information content (AvgIpc) is 3.46. The zero-order valence-corrected chi connectivity index (χ0v) is 25.7. The molecule has 0 spiro atoms. The van der Waals surface area contributed by atoms with Crippen LogP contribution in [0.3, 0.4) is 0 Å². The first-order chi connectivity index (χ1) is 21.0. The zero-order valence-electron chi connectivity index (χ0n) is 25.7. The largest absolute Gasteiger partial charge is 0.421 e. The van der Waals surface area contributed by atoms with Gasteiger partial charge in [-0.25, -0.2) is 4.98 Å². The van der Waals surface area contributed by atoms with Crippen LogP contribution in [-0.2, 0) is 11.0 Å². The number of anilines is 3. The minimum absolute atomic E-state index is 0.0201. The van der Waals surface area contributed by atoms with E-state index in [1.807, 2.05) is 14.1 Å². The summed E-state index contributed by atoms with van der Waals surface area (Å²) >= 11 is 0. The lowest BCUT2D eigenvalue weighted by Crippen LogP contribution is -2.47. The molecule has 0 unspecified atom stereocenters. The summed E-state index contributed by atoms with van der Waals surface area (Å²) in [4.78, 5) is 40.6. The molecule has 1 aliphatic carbocycles. The molecule has 1 saturated carbocycles. The number of carbonyl (C=O) groups is 2. The monoisotopic (exact) mass is 616 g/mol. The van der Waals surface area contributed by atoms with Crippen LogP contribution < -0.4 is 16.0 Å². The van der Waals surface area contributed by atoms with Crippen molar-refractivity contribution in [2.45, 2.75) is 69.2 Å². The number of halogens is 3. The van der Waals surface area contributed by atoms with Crippen LogP contribution in [0, 0.1) is 5.92 Å². The Morgan fingerprint density at radius 3 is 2.20 bits per heavy atom. The molecule has 10 nitrogen and oxygen atoms in total. The molecule has 2 aliphatic heterocycles. The van der Waals surface area contributed by atoms with Crippen LogP contribution in [0.5, 0.6) is 0 Å². The van der Waals surface area contributed by atoms with E-state index in [-0.39, 0.29) is 35.7 Å². The number of nitrogens with zero attached hydrogens (tertiary/aromatic N) is 5. The van der Waals surface area contributed by atoms with Gasteiger partial charge in [0.1, 0.15) is 11.4 Å². The molecule has 2 saturated heterocycles. The van der Waals surface area contributed by atoms with Crippen molar-refractivity contribution in [1.29, 1.82) is 0 Å². The maximum absolute atomic E-state index is 14.0. The third kappa shape index (κ3) is 7.79. The minimum atomic E-state index is -4.67. The summed E-state index contributed by atoms with van der Waals surface area (Å²) in [6, 6.07) is 6.53. The lowest BCUT2D eigenvalue weighted by atomic mass is 9.99. The summed E-state index contributed by atoms with van der Waals surface area (Å²) in [5, 5.41) is 9.04. The Morgan fingerprint density at radius 1 is 0.932 bits per heavy atom. The Bertz CT molecular complexity index is 1290. The summed E-state index contributed by atoms with van der Waals surface area (Å²) < 4.78 is 41.9. The van der Waals surface area contributed by atoms with Crippen LogP contribution >= 0.6 is 0 Å². The fourth-order valence-electron chi connectivity index (χ4n) is 6.42. The van der Waals surface area contributed by atoms with Gasteiger partial charge in [-0.05, 0) is 103 Å². The summed E-state index contributed by atoms with van der Waals surface area (Å²) in [5.41, 5.74) is 0.0752. The molecule has 44 heavy (non-hydrogen) atoms. The van der Waals surface area contributed by atoms with E-state index in [1.54, 1.807) is 29.2 Å². The predicted octanol–water partition coefficient (Wildman–Crippen LogP) is 4.20. The summed E-state index contributed by atoms with van der Waals surface area (Å²) in [6.07, 6.45) is 1.55. The Kier molecular flexibility index (Phi) is 9.94. The third-order valence-corrected chi connectivity index (χ3v) is 9.28. The van der Waals surface area contributed by atoms with Gasteiger partial charge in [-0.3, -0.25) is 9.59 Å². The standard InChI is InChI=1S/C31H43F3N8O2/c1-40-15-11-22(12-16-40)36-28(43)24-5-4-6-26(24)38-27-25(31(32,33)34)19-35-30(39-27)37-21-9-7-20(8-10-21)29(44)42(3)23-13-17-41(2)18-14-23/h7-10,19,22-24,26H,4-6,11-18H2,1-3H3,(H,36,43)(H2,35,37,38,39)/t24-,26+/m0/s1. The molecule has 2 aromatic rings. The van der Waals surface area contributed by atoms with E-state index in [2.05, 4.69) is 42.8 Å². The first-order valence-electron chi connectivity index (χ1n) is 15.5. The highest BCUT2D eigenvalue weighted by molar-refractivity contribution is 5.94. The molecule has 3 N–H and O–H groups in total. The molecule has 3 heterocycles. The number of likely N-dealkylation sites (tertiary alicyclic amines) is 2. The van der Waals surface area contributed by atoms with Crippen molar-refractivity contribution in [3.8, 4) is 0 Å². The Hall–Kier alpha value is -3.45. The fraction of sp³-hybridized carbons (Fsp3) is 0.613. The van der Waals surface area contributed by atoms with E-state index in [4.69, 9.17) is 0 Å². The second kappa shape index (κ2) is 13.7. The van der Waals surface area contributed by atoms with Gasteiger partial charge in [0.15, 0.2) is 0 Å². The van der Waals surface area contributed by atoms with E-state index < -0.39 is 23.7 Å². The van der Waals surface area contributed by atoms with Crippen molar-refractivity contribution in [3.05, 3.63) is 41.6 Å². The number of benzene rings is 1. The molecule has 2 amide bonds. The second-order valence-corrected chi connectivity index (χ2v) is 12.5. The van der Waals surface area contributed by atoms with E-state index in [1.165, 1.54) is 0 Å². The number of alkyl halides is 3. The van der Waals surface area contributed by atoms with Crippen molar-refractivity contribution in [2.24, 2.45) is 5.92 Å². The Balaban J connectivity index is 1.25. The first-order valence-corrected chi connectivity index (χ1v) is 15.5. The predicted molar refractivity (Wildman–Crippen MR) is 163 cm³/mol. The van der Waals surface area contributed by atoms with Crippen LogP contribution in [-0.4, -0.2) is 102 Å². The summed E-state index contributed by atoms with van der Waals surface area (Å²) in [7, 11) is 5.94. The normalized spacial score (nSPS) is 22.5. The SMILES string of the molecule is CN1CCC(NC(=O)[C@H]2CCC[C@H]2Nc2nc(Nc3ccc(C(=O)N(C)C4CCN(C)CC4)cc3)ncc2C(F)(F)F)CC1. The third-order valence-electron chi connectivity index (χ3n) is 9.28. The van der Waals surface area contributed by atoms with Crippen LogP contribution in [0.2, 0.25) is 0 Å². The van der Waals surface area contributed by atoms with Gasteiger partial charge >= 0.3 is 6.18 Å². The van der Waals surface area contributed by atoms with Crippen LogP contribution in [0.15, 0.2) is 30.5 Å². The topological polar surface area (TPSA) is 106 Å². The fourth-order valence-corrected chi connectivity index (χ4v) is 6.42. The Morgan fingerprint density at radius 2 is 1.57 bits per heavy atom. The molecule has 2 atom stereocenters. The average molecular weight is 617 g/mol. The van der Waals surface area contributed by atoms with Crippen molar-refractivity contribution in [3.63, 3.8) is 0 Å². The number of hydrogen-bond donors (Lipinski definition) is 3. The molecule has 3 fully saturated rings. The van der Waals surface area contributed by atoms with Gasteiger partial charge < -0.3 is 30.7 Å². The van der Waals surface area contributed by atoms with Gasteiger partial charge in [0.05, 0.1) is 5.92 Å². The maximum atomic E-state index is 14.0. The van der Waals surface area contributed by atoms with E-state index >= 15 is 0 Å². The molecule has 5 rings (SSSR count). The van der Waals surface area contributed by atoms with Crippen molar-refractivity contribution in [1.82, 2.24) is 30.0 Å². The van der Waals surface area contributed by atoms with Gasteiger partial charge in [0.25, 0.3) is 5.91 Å². The molecule has 13 heteroatoms. The molecule has 1 aromatic carbocycles. The number of rotatable bonds is 8. The highest BCUT2D eigenvalue weighted by Crippen LogP contribution is 2.37. The van der Waals surface area contributed by atoms with Crippen LogP contribution in [0.4, 0.5) is 30.6 Å². The minimum Gasteiger partial charge on any atom is -0.366 e. The molecule has 240 valence electrons. The molecule has 0 bridgehead atoms. The van der Waals surface area contributed by atoms with Gasteiger partial charge in [-0.2, -0.15) is 18.2 Å². The van der Waals surface area contributed by atoms with Gasteiger partial charge in [-0.1, -0.05) is 6.42 Å². The van der Waals surface area contributed by atoms with E-state index in [9.17, 15) is 22.8 Å². The molecule has 3 aliphatic rings. The lowest BCUT2D eigenvalue weighted by Gasteiger charge is -2.35. The van der Waals surface area contributed by atoms with Crippen LogP contribution in [0.1, 0.15) is 60.9 Å². The van der Waals surface area contributed by atoms with E-state index in [0.29, 0.717) is 24.1 Å². The lowest BCUT2D eigenvalue weighted by molar-refractivity contribution is -0.137. The number of hydrogen-bond acceptors (Lipinski definition) is 8. The van der Waals surface area contributed by atoms with Crippen molar-refractivity contribution in [2.75, 3.05) is 58.0 Å². The van der Waals surface area contributed by atoms with Gasteiger partial charge in [0.2, 0.25) is 11.9 Å². The highest BCUT2D eigenvalue weighted by Gasteiger charge is 2.39. The van der Waals surface area contributed by atoms with Crippen LogP contribution in [0.25, 0.3) is 0 Å². The summed E-state index contributed by atoms with van der Waals surface area (Å²) in [6.45, 7) is 3.69. The molecule has 1 aromatic heterocycles. The quantitative estimate of drug-likeness (QED) is 0.406. The van der Waals surface area contributed by atoms with Gasteiger partial charge in [-0.15, -0.1) is 0 Å². The number of aromatic nitrogens is 2. The Labute approximate surface area is 256 Å². The smallest absolute Gasteiger partial charge is 0.366 e. The summed E-state index contributed by atoms with van der Waals surface area (Å²) in [5.74, 6) is -1.01. The number of amides is 2. The number of nitrogens with one attached hydrogen (secondary N) is 3. The van der Waals surface area contributed by atoms with Crippen molar-refractivity contribution < 1.29 is 22.8 Å². The van der Waals surface area contributed by atoms with Crippen molar-refractivity contribution >= 4 is 29.3 Å². The zero-order chi connectivity index (χ0) is 31.4. The molecule has 0 radical (unpaired) electrons. The molecular weight excluding hydrogens is 573 g/mol. The second-order valence-electron chi connectivity index (χ2n) is 12.5. The first kappa shape index (κ1) is 32.0. The highest BCUT2D eigenvalue weighted by atomic mass is 19.4. The number of piperidine rings is 2. The molecular formula is C31H43F3N8O2. The number of carbonyl (C=O) groups excluding carboxylic acids is 2. The van der Waals surface area contributed by atoms with E-state index in [0.717, 1.165) is 64.5 Å². The van der Waals surface area contributed by atoms with Gasteiger partial charge in [0, 0.05) is 42.6 Å². The maximum Gasteiger partial charge on any atom is 0.421 e.